The molecule has 8 heteroatoms. The fourth-order valence-electron chi connectivity index (χ4n) is 3.53. The summed E-state index contributed by atoms with van der Waals surface area (Å²) in [6, 6.07) is 18.6. The van der Waals surface area contributed by atoms with Gasteiger partial charge in [-0.15, -0.1) is 0 Å². The normalized spacial score (nSPS) is 14.3. The molecule has 0 aliphatic carbocycles. The number of para-hydroxylation sites is 2. The summed E-state index contributed by atoms with van der Waals surface area (Å²) >= 11 is 5.33. The van der Waals surface area contributed by atoms with E-state index in [1.54, 1.807) is 13.2 Å². The Bertz CT molecular complexity index is 1240. The maximum absolute atomic E-state index is 13.3. The van der Waals surface area contributed by atoms with Gasteiger partial charge in [0.1, 0.15) is 23.9 Å². The van der Waals surface area contributed by atoms with Crippen molar-refractivity contribution in [3.05, 3.63) is 89.4 Å². The van der Waals surface area contributed by atoms with E-state index < -0.39 is 0 Å². The van der Waals surface area contributed by atoms with Crippen LogP contribution in [0.15, 0.2) is 72.4 Å². The Hall–Kier alpha value is -3.91. The summed E-state index contributed by atoms with van der Waals surface area (Å²) in [7, 11) is 1.59. The van der Waals surface area contributed by atoms with Crippen LogP contribution in [0.1, 0.15) is 18.1 Å². The lowest BCUT2D eigenvalue weighted by Gasteiger charge is -2.14. The Morgan fingerprint density at radius 1 is 1.00 bits per heavy atom. The minimum absolute atomic E-state index is 0.229. The molecule has 0 unspecified atom stereocenters. The molecule has 0 spiro atoms. The van der Waals surface area contributed by atoms with Crippen molar-refractivity contribution in [3.63, 3.8) is 0 Å². The summed E-state index contributed by atoms with van der Waals surface area (Å²) in [5.74, 6) is 1.24. The van der Waals surface area contributed by atoms with E-state index in [0.717, 1.165) is 11.1 Å². The quantitative estimate of drug-likeness (QED) is 0.360. The Balaban J connectivity index is 1.56. The highest BCUT2D eigenvalue weighted by Gasteiger charge is 2.32. The lowest BCUT2D eigenvalue weighted by Crippen LogP contribution is -2.30. The van der Waals surface area contributed by atoms with Gasteiger partial charge in [0.05, 0.1) is 19.4 Å². The molecular weight excluding hydrogens is 455 g/mol. The molecular formula is C26H23FN2O4S. The monoisotopic (exact) mass is 478 g/mol. The van der Waals surface area contributed by atoms with E-state index >= 15 is 0 Å². The van der Waals surface area contributed by atoms with Crippen LogP contribution in [0.25, 0.3) is 6.08 Å². The summed E-state index contributed by atoms with van der Waals surface area (Å²) in [5, 5.41) is 3.17. The van der Waals surface area contributed by atoms with Crippen molar-refractivity contribution in [1.82, 2.24) is 5.32 Å². The molecule has 0 saturated carbocycles. The van der Waals surface area contributed by atoms with E-state index in [0.29, 0.717) is 35.2 Å². The second-order valence-corrected chi connectivity index (χ2v) is 7.73. The van der Waals surface area contributed by atoms with Crippen LogP contribution in [0.4, 0.5) is 10.1 Å². The molecule has 6 nitrogen and oxygen atoms in total. The first-order valence-electron chi connectivity index (χ1n) is 10.6. The zero-order valence-corrected chi connectivity index (χ0v) is 19.5. The van der Waals surface area contributed by atoms with Gasteiger partial charge in [-0.25, -0.2) is 4.39 Å². The minimum Gasteiger partial charge on any atom is -0.496 e. The summed E-state index contributed by atoms with van der Waals surface area (Å²) in [6.45, 7) is 2.69. The van der Waals surface area contributed by atoms with Crippen LogP contribution in [-0.2, 0) is 11.4 Å². The summed E-state index contributed by atoms with van der Waals surface area (Å²) in [4.78, 5) is 14.3. The number of thiocarbonyl (C=S) groups is 1. The first-order valence-corrected chi connectivity index (χ1v) is 11.0. The molecule has 1 N–H and O–H groups in total. The molecule has 0 radical (unpaired) electrons. The Kier molecular flexibility index (Phi) is 7.08. The molecule has 1 aliphatic rings. The highest BCUT2D eigenvalue weighted by molar-refractivity contribution is 7.80. The number of nitrogens with zero attached hydrogens (tertiary/aromatic N) is 1. The van der Waals surface area contributed by atoms with E-state index in [2.05, 4.69) is 5.32 Å². The van der Waals surface area contributed by atoms with Crippen molar-refractivity contribution >= 4 is 35.0 Å². The van der Waals surface area contributed by atoms with Gasteiger partial charge >= 0.3 is 0 Å². The molecule has 3 aromatic carbocycles. The predicted molar refractivity (Wildman–Crippen MR) is 133 cm³/mol. The fourth-order valence-corrected chi connectivity index (χ4v) is 3.83. The van der Waals surface area contributed by atoms with E-state index in [4.69, 9.17) is 26.4 Å². The van der Waals surface area contributed by atoms with Crippen molar-refractivity contribution < 1.29 is 23.4 Å². The summed E-state index contributed by atoms with van der Waals surface area (Å²) in [6.07, 6.45) is 1.70. The number of methoxy groups -OCH3 is 1. The van der Waals surface area contributed by atoms with Crippen LogP contribution in [0.3, 0.4) is 0 Å². The molecule has 1 aliphatic heterocycles. The smallest absolute Gasteiger partial charge is 0.281 e. The molecule has 1 fully saturated rings. The molecule has 0 aromatic heterocycles. The van der Waals surface area contributed by atoms with E-state index in [1.165, 1.54) is 29.2 Å². The number of nitrogens with one attached hydrogen (secondary N) is 1. The lowest BCUT2D eigenvalue weighted by molar-refractivity contribution is -0.113. The predicted octanol–water partition coefficient (Wildman–Crippen LogP) is 5.07. The van der Waals surface area contributed by atoms with Gasteiger partial charge in [-0.2, -0.15) is 0 Å². The molecule has 34 heavy (non-hydrogen) atoms. The Morgan fingerprint density at radius 2 is 1.71 bits per heavy atom. The number of hydrogen-bond acceptors (Lipinski definition) is 5. The zero-order valence-electron chi connectivity index (χ0n) is 18.7. The average molecular weight is 479 g/mol. The fraction of sp³-hybridized carbons (Fsp3) is 0.154. The van der Waals surface area contributed by atoms with Crippen molar-refractivity contribution in [2.24, 2.45) is 0 Å². The molecule has 1 saturated heterocycles. The second-order valence-electron chi connectivity index (χ2n) is 7.34. The first kappa shape index (κ1) is 23.3. The lowest BCUT2D eigenvalue weighted by atomic mass is 10.1. The number of rotatable bonds is 8. The first-order chi connectivity index (χ1) is 16.5. The largest absolute Gasteiger partial charge is 0.496 e. The Labute approximate surface area is 202 Å². The standard InChI is InChI=1S/C26H23FN2O4S/c1-3-32-23-6-4-5-7-24(23)33-16-18-14-17(8-13-22(18)31-2)15-21-25(30)29(26(34)28-21)20-11-9-19(27)10-12-20/h4-15H,3,16H2,1-2H3,(H,28,34)/b21-15+. The molecule has 174 valence electrons. The van der Waals surface area contributed by atoms with Gasteiger partial charge in [0.15, 0.2) is 16.6 Å². The van der Waals surface area contributed by atoms with Crippen LogP contribution in [0.2, 0.25) is 0 Å². The van der Waals surface area contributed by atoms with Gasteiger partial charge in [-0.3, -0.25) is 9.69 Å². The summed E-state index contributed by atoms with van der Waals surface area (Å²) < 4.78 is 30.4. The van der Waals surface area contributed by atoms with E-state index in [1.807, 2.05) is 49.4 Å². The molecule has 1 heterocycles. The maximum Gasteiger partial charge on any atom is 0.281 e. The molecule has 3 aromatic rings. The average Bonchev–Trinajstić information content (AvgIpc) is 3.12. The van der Waals surface area contributed by atoms with Crippen LogP contribution >= 0.6 is 12.2 Å². The number of ether oxygens (including phenoxy) is 3. The Morgan fingerprint density at radius 3 is 2.38 bits per heavy atom. The van der Waals surface area contributed by atoms with Crippen molar-refractivity contribution in [2.45, 2.75) is 13.5 Å². The number of halogens is 1. The third-order valence-corrected chi connectivity index (χ3v) is 5.40. The number of hydrogen-bond donors (Lipinski definition) is 1. The van der Waals surface area contributed by atoms with Crippen LogP contribution in [0, 0.1) is 5.82 Å². The summed E-state index contributed by atoms with van der Waals surface area (Å²) in [5.41, 5.74) is 2.36. The van der Waals surface area contributed by atoms with Gasteiger partial charge in [-0.1, -0.05) is 18.2 Å². The number of carbonyl (C=O) groups excluding carboxylic acids is 1. The van der Waals surface area contributed by atoms with E-state index in [-0.39, 0.29) is 23.4 Å². The third kappa shape index (κ3) is 5.02. The number of amides is 1. The molecule has 4 rings (SSSR count). The topological polar surface area (TPSA) is 60.0 Å². The number of anilines is 1. The molecule has 0 atom stereocenters. The van der Waals surface area contributed by atoms with Crippen molar-refractivity contribution in [3.8, 4) is 17.2 Å². The maximum atomic E-state index is 13.3. The highest BCUT2D eigenvalue weighted by atomic mass is 32.1. The number of carbonyl (C=O) groups is 1. The van der Waals surface area contributed by atoms with E-state index in [9.17, 15) is 9.18 Å². The van der Waals surface area contributed by atoms with Crippen molar-refractivity contribution in [1.29, 1.82) is 0 Å². The van der Waals surface area contributed by atoms with Gasteiger partial charge in [-0.05, 0) is 79.3 Å². The number of benzene rings is 3. The third-order valence-electron chi connectivity index (χ3n) is 5.11. The zero-order chi connectivity index (χ0) is 24.1. The SMILES string of the molecule is CCOc1ccccc1OCc1cc(/C=C2/NC(=S)N(c3ccc(F)cc3)C2=O)ccc1OC. The van der Waals surface area contributed by atoms with Gasteiger partial charge in [0, 0.05) is 5.56 Å². The molecule has 1 amide bonds. The van der Waals surface area contributed by atoms with Gasteiger partial charge in [0.25, 0.3) is 5.91 Å². The highest BCUT2D eigenvalue weighted by Crippen LogP contribution is 2.30. The second kappa shape index (κ2) is 10.4. The van der Waals surface area contributed by atoms with Crippen LogP contribution in [-0.4, -0.2) is 24.7 Å². The van der Waals surface area contributed by atoms with Crippen LogP contribution < -0.4 is 24.4 Å². The van der Waals surface area contributed by atoms with Crippen LogP contribution in [0.5, 0.6) is 17.2 Å². The van der Waals surface area contributed by atoms with Gasteiger partial charge in [0.2, 0.25) is 0 Å². The van der Waals surface area contributed by atoms with Crippen molar-refractivity contribution in [2.75, 3.05) is 18.6 Å². The van der Waals surface area contributed by atoms with Gasteiger partial charge < -0.3 is 19.5 Å². The molecule has 0 bridgehead atoms. The minimum atomic E-state index is -0.387.